The monoisotopic (exact) mass is 279 g/mol. The van der Waals surface area contributed by atoms with E-state index in [4.69, 9.17) is 4.74 Å². The fraction of sp³-hybridized carbons (Fsp3) is 0.500. The largest absolute Gasteiger partial charge is 0.502 e. The number of hydrogen-bond acceptors (Lipinski definition) is 5. The van der Waals surface area contributed by atoms with Gasteiger partial charge >= 0.3 is 11.7 Å². The van der Waals surface area contributed by atoms with Gasteiger partial charge < -0.3 is 9.84 Å². The van der Waals surface area contributed by atoms with Gasteiger partial charge in [-0.1, -0.05) is 18.9 Å². The number of nitro groups is 1. The molecule has 1 atom stereocenters. The highest BCUT2D eigenvalue weighted by molar-refractivity contribution is 5.79. The zero-order valence-electron chi connectivity index (χ0n) is 11.2. The first-order valence-electron chi connectivity index (χ1n) is 6.59. The Morgan fingerprint density at radius 1 is 1.45 bits per heavy atom. The fourth-order valence-electron chi connectivity index (χ4n) is 2.90. The molecule has 1 aliphatic carbocycles. The van der Waals surface area contributed by atoms with Crippen LogP contribution in [0, 0.1) is 16.0 Å². The number of carbonyl (C=O) groups excluding carboxylic acids is 1. The lowest BCUT2D eigenvalue weighted by Crippen LogP contribution is -2.21. The zero-order chi connectivity index (χ0) is 14.7. The Morgan fingerprint density at radius 2 is 2.10 bits per heavy atom. The molecule has 0 heterocycles. The number of rotatable bonds is 4. The number of phenolic OH excluding ortho intramolecular Hbond substituents is 1. The standard InChI is InChI=1S/C14H17NO5/c1-20-14(17)13(9-4-2-3-5-9)10-6-7-12(16)11(8-10)15(18)19/h6-9,13,16H,2-5H2,1H3. The van der Waals surface area contributed by atoms with E-state index in [9.17, 15) is 20.0 Å². The average Bonchev–Trinajstić information content (AvgIpc) is 2.94. The molecule has 1 unspecified atom stereocenters. The second kappa shape index (κ2) is 5.90. The molecule has 1 N–H and O–H groups in total. The second-order valence-corrected chi connectivity index (χ2v) is 5.05. The minimum Gasteiger partial charge on any atom is -0.502 e. The van der Waals surface area contributed by atoms with E-state index in [1.807, 2.05) is 0 Å². The van der Waals surface area contributed by atoms with Crippen LogP contribution in [0.5, 0.6) is 5.75 Å². The van der Waals surface area contributed by atoms with Gasteiger partial charge in [0.1, 0.15) is 0 Å². The van der Waals surface area contributed by atoms with E-state index in [-0.39, 0.29) is 17.6 Å². The van der Waals surface area contributed by atoms with Gasteiger partial charge in [0.2, 0.25) is 0 Å². The predicted molar refractivity (Wildman–Crippen MR) is 71.5 cm³/mol. The van der Waals surface area contributed by atoms with E-state index < -0.39 is 16.6 Å². The van der Waals surface area contributed by atoms with Gasteiger partial charge in [-0.25, -0.2) is 0 Å². The molecule has 0 radical (unpaired) electrons. The number of nitrogens with zero attached hydrogens (tertiary/aromatic N) is 1. The molecule has 0 bridgehead atoms. The predicted octanol–water partition coefficient (Wildman–Crippen LogP) is 2.75. The molecule has 108 valence electrons. The number of methoxy groups -OCH3 is 1. The van der Waals surface area contributed by atoms with E-state index in [1.54, 1.807) is 6.07 Å². The molecular weight excluding hydrogens is 262 g/mol. The highest BCUT2D eigenvalue weighted by atomic mass is 16.6. The summed E-state index contributed by atoms with van der Waals surface area (Å²) < 4.78 is 4.84. The number of ether oxygens (including phenoxy) is 1. The normalized spacial score (nSPS) is 16.9. The number of esters is 1. The van der Waals surface area contributed by atoms with Crippen molar-refractivity contribution in [1.82, 2.24) is 0 Å². The Kier molecular flexibility index (Phi) is 4.22. The molecule has 0 amide bonds. The van der Waals surface area contributed by atoms with Crippen molar-refractivity contribution in [3.63, 3.8) is 0 Å². The third kappa shape index (κ3) is 2.74. The van der Waals surface area contributed by atoms with Gasteiger partial charge in [0.05, 0.1) is 18.0 Å². The molecule has 0 aromatic heterocycles. The SMILES string of the molecule is COC(=O)C(c1ccc(O)c([N+](=O)[O-])c1)C1CCCC1. The van der Waals surface area contributed by atoms with E-state index >= 15 is 0 Å². The first kappa shape index (κ1) is 14.3. The summed E-state index contributed by atoms with van der Waals surface area (Å²) in [5, 5.41) is 20.4. The molecule has 2 rings (SSSR count). The Morgan fingerprint density at radius 3 is 2.65 bits per heavy atom. The van der Waals surface area contributed by atoms with Crippen LogP contribution in [0.4, 0.5) is 5.69 Å². The number of hydrogen-bond donors (Lipinski definition) is 1. The molecule has 1 aliphatic rings. The van der Waals surface area contributed by atoms with Crippen molar-refractivity contribution < 1.29 is 19.6 Å². The summed E-state index contributed by atoms with van der Waals surface area (Å²) in [6.07, 6.45) is 3.93. The average molecular weight is 279 g/mol. The van der Waals surface area contributed by atoms with Crippen molar-refractivity contribution in [1.29, 1.82) is 0 Å². The van der Waals surface area contributed by atoms with Crippen molar-refractivity contribution in [2.45, 2.75) is 31.6 Å². The Hall–Kier alpha value is -2.11. The van der Waals surface area contributed by atoms with Gasteiger partial charge in [-0.15, -0.1) is 0 Å². The Balaban J connectivity index is 2.40. The maximum Gasteiger partial charge on any atom is 0.313 e. The van der Waals surface area contributed by atoms with Crippen LogP contribution in [0.15, 0.2) is 18.2 Å². The summed E-state index contributed by atoms with van der Waals surface area (Å²) in [7, 11) is 1.32. The molecule has 1 fully saturated rings. The van der Waals surface area contributed by atoms with Crippen LogP contribution in [0.2, 0.25) is 0 Å². The van der Waals surface area contributed by atoms with E-state index in [0.717, 1.165) is 25.7 Å². The van der Waals surface area contributed by atoms with Gasteiger partial charge in [-0.2, -0.15) is 0 Å². The lowest BCUT2D eigenvalue weighted by molar-refractivity contribution is -0.385. The van der Waals surface area contributed by atoms with Crippen molar-refractivity contribution >= 4 is 11.7 Å². The highest BCUT2D eigenvalue weighted by Gasteiger charge is 2.34. The van der Waals surface area contributed by atoms with Crippen molar-refractivity contribution in [2.75, 3.05) is 7.11 Å². The maximum atomic E-state index is 12.0. The fourth-order valence-corrected chi connectivity index (χ4v) is 2.90. The molecule has 1 aromatic carbocycles. The number of phenols is 1. The summed E-state index contributed by atoms with van der Waals surface area (Å²) in [5.74, 6) is -1.13. The number of nitro benzene ring substituents is 1. The lowest BCUT2D eigenvalue weighted by atomic mass is 9.84. The van der Waals surface area contributed by atoms with E-state index in [2.05, 4.69) is 0 Å². The van der Waals surface area contributed by atoms with Crippen LogP contribution >= 0.6 is 0 Å². The number of aromatic hydroxyl groups is 1. The third-order valence-corrected chi connectivity index (χ3v) is 3.88. The summed E-state index contributed by atoms with van der Waals surface area (Å²) >= 11 is 0. The summed E-state index contributed by atoms with van der Waals surface area (Å²) in [6, 6.07) is 4.09. The van der Waals surface area contributed by atoms with Crippen molar-refractivity contribution in [3.05, 3.63) is 33.9 Å². The Bertz CT molecular complexity index is 522. The van der Waals surface area contributed by atoms with Crippen molar-refractivity contribution in [2.24, 2.45) is 5.92 Å². The number of carbonyl (C=O) groups is 1. The summed E-state index contributed by atoms with van der Waals surface area (Å²) in [5.41, 5.74) is 0.155. The first-order valence-corrected chi connectivity index (χ1v) is 6.59. The maximum absolute atomic E-state index is 12.0. The van der Waals surface area contributed by atoms with Crippen LogP contribution in [0.3, 0.4) is 0 Å². The van der Waals surface area contributed by atoms with Gasteiger partial charge in [-0.3, -0.25) is 14.9 Å². The molecule has 0 spiro atoms. The molecule has 0 saturated heterocycles. The Labute approximate surface area is 116 Å². The topological polar surface area (TPSA) is 89.7 Å². The quantitative estimate of drug-likeness (QED) is 0.520. The number of benzene rings is 1. The van der Waals surface area contributed by atoms with Crippen molar-refractivity contribution in [3.8, 4) is 5.75 Å². The van der Waals surface area contributed by atoms with Gasteiger partial charge in [0.25, 0.3) is 0 Å². The lowest BCUT2D eigenvalue weighted by Gasteiger charge is -2.21. The highest BCUT2D eigenvalue weighted by Crippen LogP contribution is 2.40. The van der Waals surface area contributed by atoms with Crippen LogP contribution in [0.25, 0.3) is 0 Å². The van der Waals surface area contributed by atoms with Crippen LogP contribution in [0.1, 0.15) is 37.2 Å². The molecular formula is C14H17NO5. The van der Waals surface area contributed by atoms with Gasteiger partial charge in [0.15, 0.2) is 5.75 Å². The summed E-state index contributed by atoms with van der Waals surface area (Å²) in [4.78, 5) is 22.2. The molecule has 1 saturated carbocycles. The molecule has 6 nitrogen and oxygen atoms in total. The first-order chi connectivity index (χ1) is 9.54. The van der Waals surface area contributed by atoms with Crippen LogP contribution in [-0.4, -0.2) is 23.1 Å². The minimum absolute atomic E-state index is 0.145. The van der Waals surface area contributed by atoms with E-state index in [0.29, 0.717) is 5.56 Å². The van der Waals surface area contributed by atoms with Crippen LogP contribution < -0.4 is 0 Å². The summed E-state index contributed by atoms with van der Waals surface area (Å²) in [6.45, 7) is 0. The minimum atomic E-state index is -0.651. The zero-order valence-corrected chi connectivity index (χ0v) is 11.2. The molecule has 20 heavy (non-hydrogen) atoms. The van der Waals surface area contributed by atoms with Gasteiger partial charge in [-0.05, 0) is 30.4 Å². The van der Waals surface area contributed by atoms with E-state index in [1.165, 1.54) is 19.2 Å². The van der Waals surface area contributed by atoms with Crippen LogP contribution in [-0.2, 0) is 9.53 Å². The molecule has 1 aromatic rings. The molecule has 0 aliphatic heterocycles. The molecule has 6 heteroatoms. The third-order valence-electron chi connectivity index (χ3n) is 3.88. The smallest absolute Gasteiger partial charge is 0.313 e. The second-order valence-electron chi connectivity index (χ2n) is 5.05. The van der Waals surface area contributed by atoms with Gasteiger partial charge in [0, 0.05) is 6.07 Å².